The summed E-state index contributed by atoms with van der Waals surface area (Å²) < 4.78 is 0. The fourth-order valence-corrected chi connectivity index (χ4v) is 1.87. The van der Waals surface area contributed by atoms with E-state index in [0.717, 1.165) is 11.3 Å². The molecule has 0 saturated carbocycles. The molecule has 0 aliphatic rings. The molecule has 17 heavy (non-hydrogen) atoms. The van der Waals surface area contributed by atoms with Gasteiger partial charge in [0.15, 0.2) is 10.8 Å². The van der Waals surface area contributed by atoms with Crippen LogP contribution in [0.1, 0.15) is 20.8 Å². The van der Waals surface area contributed by atoms with E-state index in [9.17, 15) is 9.59 Å². The minimum atomic E-state index is -1.11. The van der Waals surface area contributed by atoms with Crippen LogP contribution < -0.4 is 5.32 Å². The summed E-state index contributed by atoms with van der Waals surface area (Å²) in [5.41, 5.74) is 0.429. The van der Waals surface area contributed by atoms with Crippen molar-refractivity contribution in [2.45, 2.75) is 0 Å². The second kappa shape index (κ2) is 4.75. The van der Waals surface area contributed by atoms with Gasteiger partial charge >= 0.3 is 5.97 Å². The molecule has 0 atom stereocenters. The van der Waals surface area contributed by atoms with E-state index in [0.29, 0.717) is 5.56 Å². The van der Waals surface area contributed by atoms with Gasteiger partial charge in [-0.2, -0.15) is 0 Å². The van der Waals surface area contributed by atoms with Crippen molar-refractivity contribution in [3.05, 3.63) is 47.0 Å². The number of hydrogen-bond donors (Lipinski definition) is 2. The molecule has 0 saturated heterocycles. The Balaban J connectivity index is 2.11. The largest absolute Gasteiger partial charge is 0.476 e. The van der Waals surface area contributed by atoms with E-state index in [4.69, 9.17) is 5.11 Å². The Morgan fingerprint density at radius 3 is 2.53 bits per heavy atom. The van der Waals surface area contributed by atoms with Gasteiger partial charge in [-0.25, -0.2) is 9.78 Å². The summed E-state index contributed by atoms with van der Waals surface area (Å²) in [7, 11) is 0. The summed E-state index contributed by atoms with van der Waals surface area (Å²) in [5.74, 6) is -1.42. The smallest absolute Gasteiger partial charge is 0.355 e. The van der Waals surface area contributed by atoms with Gasteiger partial charge in [0.25, 0.3) is 5.91 Å². The number of carbonyl (C=O) groups excluding carboxylic acids is 1. The topological polar surface area (TPSA) is 79.3 Å². The number of anilines is 1. The molecule has 2 N–H and O–H groups in total. The summed E-state index contributed by atoms with van der Waals surface area (Å²) in [6.45, 7) is 0. The van der Waals surface area contributed by atoms with Gasteiger partial charge in [0.2, 0.25) is 0 Å². The van der Waals surface area contributed by atoms with Crippen molar-refractivity contribution in [3.8, 4) is 0 Å². The van der Waals surface area contributed by atoms with Crippen LogP contribution in [0.15, 0.2) is 35.7 Å². The molecule has 0 fully saturated rings. The number of thiazole rings is 1. The third-order valence-electron chi connectivity index (χ3n) is 1.98. The molecule has 2 rings (SSSR count). The highest BCUT2D eigenvalue weighted by Crippen LogP contribution is 2.16. The van der Waals surface area contributed by atoms with Crippen LogP contribution in [0.2, 0.25) is 0 Å². The summed E-state index contributed by atoms with van der Waals surface area (Å²) in [5, 5.41) is 12.9. The van der Waals surface area contributed by atoms with E-state index in [1.54, 1.807) is 24.3 Å². The number of benzene rings is 1. The van der Waals surface area contributed by atoms with E-state index in [-0.39, 0.29) is 16.7 Å². The summed E-state index contributed by atoms with van der Waals surface area (Å²) in [4.78, 5) is 26.1. The number of aromatic carboxylic acids is 1. The zero-order valence-corrected chi connectivity index (χ0v) is 9.40. The van der Waals surface area contributed by atoms with E-state index < -0.39 is 5.97 Å². The Kier molecular flexibility index (Phi) is 3.15. The van der Waals surface area contributed by atoms with Crippen LogP contribution in [0.5, 0.6) is 0 Å². The molecule has 1 amide bonds. The van der Waals surface area contributed by atoms with Crippen LogP contribution in [0.4, 0.5) is 5.13 Å². The molecule has 0 spiro atoms. The maximum Gasteiger partial charge on any atom is 0.355 e. The number of carboxylic acid groups (broad SMARTS) is 1. The maximum atomic E-state index is 11.7. The lowest BCUT2D eigenvalue weighted by atomic mass is 10.2. The first kappa shape index (κ1) is 11.3. The Bertz CT molecular complexity index is 551. The van der Waals surface area contributed by atoms with Crippen LogP contribution >= 0.6 is 11.3 Å². The Morgan fingerprint density at radius 1 is 1.24 bits per heavy atom. The molecule has 0 unspecified atom stereocenters. The van der Waals surface area contributed by atoms with Gasteiger partial charge in [0.05, 0.1) is 0 Å². The Hall–Kier alpha value is -2.21. The van der Waals surface area contributed by atoms with Crippen molar-refractivity contribution in [3.63, 3.8) is 0 Å². The van der Waals surface area contributed by atoms with Crippen molar-refractivity contribution in [1.82, 2.24) is 4.98 Å². The summed E-state index contributed by atoms with van der Waals surface area (Å²) in [6, 6.07) is 8.64. The lowest BCUT2D eigenvalue weighted by molar-refractivity contribution is 0.0691. The third kappa shape index (κ3) is 2.67. The average molecular weight is 248 g/mol. The monoisotopic (exact) mass is 248 g/mol. The van der Waals surface area contributed by atoms with Crippen LogP contribution in [-0.2, 0) is 0 Å². The van der Waals surface area contributed by atoms with Gasteiger partial charge in [-0.05, 0) is 12.1 Å². The molecule has 86 valence electrons. The van der Waals surface area contributed by atoms with Gasteiger partial charge in [-0.1, -0.05) is 18.2 Å². The van der Waals surface area contributed by atoms with Crippen molar-refractivity contribution < 1.29 is 14.7 Å². The molecule has 5 nitrogen and oxygen atoms in total. The quantitative estimate of drug-likeness (QED) is 0.871. The number of nitrogens with zero attached hydrogens (tertiary/aromatic N) is 1. The molecular weight excluding hydrogens is 240 g/mol. The van der Waals surface area contributed by atoms with E-state index in [1.165, 1.54) is 5.38 Å². The molecule has 0 aliphatic heterocycles. The molecule has 1 heterocycles. The Labute approximate surface area is 101 Å². The van der Waals surface area contributed by atoms with Crippen LogP contribution in [0, 0.1) is 0 Å². The first-order chi connectivity index (χ1) is 8.16. The summed E-state index contributed by atoms with van der Waals surface area (Å²) >= 11 is 1.08. The molecule has 0 radical (unpaired) electrons. The SMILES string of the molecule is O=C(Nc1nc(C(=O)O)cs1)c1ccccc1. The molecule has 1 aromatic carbocycles. The van der Waals surface area contributed by atoms with Gasteiger partial charge in [0.1, 0.15) is 0 Å². The number of rotatable bonds is 3. The van der Waals surface area contributed by atoms with Gasteiger partial charge < -0.3 is 5.11 Å². The van der Waals surface area contributed by atoms with Crippen molar-refractivity contribution >= 4 is 28.3 Å². The predicted octanol–water partition coefficient (Wildman–Crippen LogP) is 2.09. The fraction of sp³-hybridized carbons (Fsp3) is 0. The minimum absolute atomic E-state index is 0.0710. The lowest BCUT2D eigenvalue weighted by Crippen LogP contribution is -2.11. The number of amides is 1. The molecule has 6 heteroatoms. The third-order valence-corrected chi connectivity index (χ3v) is 2.74. The van der Waals surface area contributed by atoms with Gasteiger partial charge in [0, 0.05) is 10.9 Å². The molecule has 1 aromatic heterocycles. The maximum absolute atomic E-state index is 11.7. The van der Waals surface area contributed by atoms with E-state index >= 15 is 0 Å². The number of aromatic nitrogens is 1. The zero-order valence-electron chi connectivity index (χ0n) is 8.58. The predicted molar refractivity (Wildman–Crippen MR) is 63.5 cm³/mol. The second-order valence-corrected chi connectivity index (χ2v) is 4.02. The van der Waals surface area contributed by atoms with Crippen molar-refractivity contribution in [2.75, 3.05) is 5.32 Å². The number of carbonyl (C=O) groups is 2. The lowest BCUT2D eigenvalue weighted by Gasteiger charge is -2.00. The minimum Gasteiger partial charge on any atom is -0.476 e. The molecule has 0 aliphatic carbocycles. The highest BCUT2D eigenvalue weighted by Gasteiger charge is 2.11. The number of nitrogens with one attached hydrogen (secondary N) is 1. The van der Waals surface area contributed by atoms with E-state index in [2.05, 4.69) is 10.3 Å². The first-order valence-corrected chi connectivity index (χ1v) is 5.60. The van der Waals surface area contributed by atoms with Crippen molar-refractivity contribution in [2.24, 2.45) is 0 Å². The molecule has 2 aromatic rings. The second-order valence-electron chi connectivity index (χ2n) is 3.16. The normalized spacial score (nSPS) is 9.88. The zero-order chi connectivity index (χ0) is 12.3. The number of hydrogen-bond acceptors (Lipinski definition) is 4. The molecule has 0 bridgehead atoms. The fourth-order valence-electron chi connectivity index (χ4n) is 1.19. The van der Waals surface area contributed by atoms with Gasteiger partial charge in [-0.15, -0.1) is 11.3 Å². The first-order valence-electron chi connectivity index (χ1n) is 4.72. The number of carboxylic acids is 1. The highest BCUT2D eigenvalue weighted by atomic mass is 32.1. The molecular formula is C11H8N2O3S. The summed E-state index contributed by atoms with van der Waals surface area (Å²) in [6.07, 6.45) is 0. The highest BCUT2D eigenvalue weighted by molar-refractivity contribution is 7.14. The van der Waals surface area contributed by atoms with Gasteiger partial charge in [-0.3, -0.25) is 10.1 Å². The van der Waals surface area contributed by atoms with Crippen LogP contribution in [0.25, 0.3) is 0 Å². The van der Waals surface area contributed by atoms with Crippen molar-refractivity contribution in [1.29, 1.82) is 0 Å². The van der Waals surface area contributed by atoms with Crippen LogP contribution in [-0.4, -0.2) is 22.0 Å². The standard InChI is InChI=1S/C11H8N2O3S/c14-9(7-4-2-1-3-5-7)13-11-12-8(6-17-11)10(15)16/h1-6H,(H,15,16)(H,12,13,14). The van der Waals surface area contributed by atoms with Crippen LogP contribution in [0.3, 0.4) is 0 Å². The average Bonchev–Trinajstić information content (AvgIpc) is 2.79. The Morgan fingerprint density at radius 2 is 1.94 bits per heavy atom. The van der Waals surface area contributed by atoms with E-state index in [1.807, 2.05) is 6.07 Å².